The summed E-state index contributed by atoms with van der Waals surface area (Å²) in [6, 6.07) is 0.395. The van der Waals surface area contributed by atoms with Gasteiger partial charge in [-0.25, -0.2) is 0 Å². The van der Waals surface area contributed by atoms with Crippen LogP contribution in [0, 0.1) is 5.92 Å². The van der Waals surface area contributed by atoms with Crippen LogP contribution in [0.4, 0.5) is 0 Å². The first kappa shape index (κ1) is 8.05. The summed E-state index contributed by atoms with van der Waals surface area (Å²) < 4.78 is 0. The van der Waals surface area contributed by atoms with Crippen LogP contribution < -0.4 is 5.32 Å². The molecule has 2 fully saturated rings. The predicted octanol–water partition coefficient (Wildman–Crippen LogP) is 0.217. The first-order valence-electron chi connectivity index (χ1n) is 4.80. The predicted molar refractivity (Wildman–Crippen MR) is 46.8 cm³/mol. The molecular weight excluding hydrogens is 152 g/mol. The molecule has 1 aliphatic carbocycles. The van der Waals surface area contributed by atoms with Crippen LogP contribution in [0.3, 0.4) is 0 Å². The number of amides is 1. The van der Waals surface area contributed by atoms with Crippen LogP contribution >= 0.6 is 0 Å². The maximum atomic E-state index is 11.7. The van der Waals surface area contributed by atoms with Crippen LogP contribution in [0.1, 0.15) is 19.8 Å². The number of carbonyl (C=O) groups excluding carboxylic acids is 1. The number of hydrogen-bond acceptors (Lipinski definition) is 2. The fourth-order valence-electron chi connectivity index (χ4n) is 1.73. The van der Waals surface area contributed by atoms with Crippen molar-refractivity contribution in [3.8, 4) is 0 Å². The molecule has 0 radical (unpaired) electrons. The van der Waals surface area contributed by atoms with Crippen LogP contribution in [0.25, 0.3) is 0 Å². The molecule has 1 unspecified atom stereocenters. The minimum atomic E-state index is 0.380. The van der Waals surface area contributed by atoms with Gasteiger partial charge in [0, 0.05) is 31.6 Å². The van der Waals surface area contributed by atoms with Gasteiger partial charge in [-0.3, -0.25) is 4.79 Å². The largest absolute Gasteiger partial charge is 0.337 e. The van der Waals surface area contributed by atoms with Crippen molar-refractivity contribution in [1.82, 2.24) is 10.2 Å². The average molecular weight is 168 g/mol. The van der Waals surface area contributed by atoms with Crippen molar-refractivity contribution in [1.29, 1.82) is 0 Å². The van der Waals surface area contributed by atoms with Crippen molar-refractivity contribution in [2.45, 2.75) is 25.8 Å². The number of hydrogen-bond donors (Lipinski definition) is 1. The Balaban J connectivity index is 1.95. The Hall–Kier alpha value is -0.570. The summed E-state index contributed by atoms with van der Waals surface area (Å²) in [4.78, 5) is 13.7. The molecule has 3 heteroatoms. The Morgan fingerprint density at radius 1 is 1.50 bits per heavy atom. The van der Waals surface area contributed by atoms with Crippen LogP contribution in [-0.2, 0) is 4.79 Å². The third-order valence-electron chi connectivity index (χ3n) is 2.71. The van der Waals surface area contributed by atoms with Gasteiger partial charge in [0.15, 0.2) is 0 Å². The highest BCUT2D eigenvalue weighted by atomic mass is 16.2. The smallest absolute Gasteiger partial charge is 0.226 e. The second kappa shape index (κ2) is 3.05. The summed E-state index contributed by atoms with van der Waals surface area (Å²) in [5, 5.41) is 3.28. The van der Waals surface area contributed by atoms with Gasteiger partial charge in [0.1, 0.15) is 0 Å². The van der Waals surface area contributed by atoms with Crippen molar-refractivity contribution >= 4 is 5.91 Å². The normalized spacial score (nSPS) is 30.4. The third kappa shape index (κ3) is 1.46. The highest BCUT2D eigenvalue weighted by Gasteiger charge is 2.35. The summed E-state index contributed by atoms with van der Waals surface area (Å²) in [6.45, 7) is 4.93. The lowest BCUT2D eigenvalue weighted by molar-refractivity contribution is -0.135. The molecule has 0 aromatic carbocycles. The molecule has 1 aliphatic heterocycles. The molecule has 0 spiro atoms. The minimum Gasteiger partial charge on any atom is -0.337 e. The van der Waals surface area contributed by atoms with Gasteiger partial charge in [0.25, 0.3) is 0 Å². The zero-order valence-corrected chi connectivity index (χ0v) is 7.55. The van der Waals surface area contributed by atoms with Gasteiger partial charge in [0.05, 0.1) is 0 Å². The fraction of sp³-hybridized carbons (Fsp3) is 0.889. The number of carbonyl (C=O) groups is 1. The molecule has 0 bridgehead atoms. The summed E-state index contributed by atoms with van der Waals surface area (Å²) >= 11 is 0. The molecule has 3 nitrogen and oxygen atoms in total. The molecule has 1 amide bonds. The lowest BCUT2D eigenvalue weighted by atomic mass is 10.2. The Bertz CT molecular complexity index is 189. The van der Waals surface area contributed by atoms with E-state index in [1.807, 2.05) is 4.90 Å². The lowest BCUT2D eigenvalue weighted by Gasteiger charge is -2.34. The summed E-state index contributed by atoms with van der Waals surface area (Å²) in [6.07, 6.45) is 2.24. The van der Waals surface area contributed by atoms with Crippen molar-refractivity contribution < 1.29 is 4.79 Å². The number of rotatable bonds is 1. The highest BCUT2D eigenvalue weighted by Crippen LogP contribution is 2.31. The summed E-state index contributed by atoms with van der Waals surface area (Å²) in [7, 11) is 0. The van der Waals surface area contributed by atoms with E-state index in [0.717, 1.165) is 32.5 Å². The molecular formula is C9H16N2O. The van der Waals surface area contributed by atoms with Gasteiger partial charge in [-0.05, 0) is 19.8 Å². The van der Waals surface area contributed by atoms with Gasteiger partial charge >= 0.3 is 0 Å². The van der Waals surface area contributed by atoms with Gasteiger partial charge < -0.3 is 10.2 Å². The highest BCUT2D eigenvalue weighted by molar-refractivity contribution is 5.81. The van der Waals surface area contributed by atoms with E-state index in [4.69, 9.17) is 0 Å². The number of piperazine rings is 1. The molecule has 1 heterocycles. The number of nitrogens with zero attached hydrogens (tertiary/aromatic N) is 1. The second-order valence-electron chi connectivity index (χ2n) is 3.86. The maximum absolute atomic E-state index is 11.7. The van der Waals surface area contributed by atoms with E-state index in [1.54, 1.807) is 0 Å². The van der Waals surface area contributed by atoms with Gasteiger partial charge in [0.2, 0.25) is 5.91 Å². The van der Waals surface area contributed by atoms with E-state index >= 15 is 0 Å². The molecule has 1 saturated heterocycles. The zero-order chi connectivity index (χ0) is 8.55. The van der Waals surface area contributed by atoms with E-state index in [1.165, 1.54) is 0 Å². The van der Waals surface area contributed by atoms with E-state index in [9.17, 15) is 4.79 Å². The lowest BCUT2D eigenvalue weighted by Crippen LogP contribution is -2.52. The van der Waals surface area contributed by atoms with E-state index in [-0.39, 0.29) is 0 Å². The monoisotopic (exact) mass is 168 g/mol. The average Bonchev–Trinajstić information content (AvgIpc) is 2.86. The summed E-state index contributed by atoms with van der Waals surface area (Å²) in [5.74, 6) is 0.773. The van der Waals surface area contributed by atoms with Crippen molar-refractivity contribution in [3.63, 3.8) is 0 Å². The fourth-order valence-corrected chi connectivity index (χ4v) is 1.73. The maximum Gasteiger partial charge on any atom is 0.226 e. The van der Waals surface area contributed by atoms with Crippen molar-refractivity contribution in [2.24, 2.45) is 5.92 Å². The molecule has 1 atom stereocenters. The van der Waals surface area contributed by atoms with Gasteiger partial charge in [-0.15, -0.1) is 0 Å². The molecule has 68 valence electrons. The number of nitrogens with one attached hydrogen (secondary N) is 1. The SMILES string of the molecule is CC1CNCCN1C(=O)C1CC1. The Morgan fingerprint density at radius 3 is 2.83 bits per heavy atom. The zero-order valence-electron chi connectivity index (χ0n) is 7.55. The molecule has 2 aliphatic rings. The minimum absolute atomic E-state index is 0.380. The Kier molecular flexibility index (Phi) is 2.05. The first-order chi connectivity index (χ1) is 5.79. The van der Waals surface area contributed by atoms with Crippen molar-refractivity contribution in [3.05, 3.63) is 0 Å². The van der Waals surface area contributed by atoms with E-state index in [0.29, 0.717) is 17.9 Å². The third-order valence-corrected chi connectivity index (χ3v) is 2.71. The molecule has 2 rings (SSSR count). The summed E-state index contributed by atoms with van der Waals surface area (Å²) in [5.41, 5.74) is 0. The Morgan fingerprint density at radius 2 is 2.25 bits per heavy atom. The molecule has 12 heavy (non-hydrogen) atoms. The molecule has 1 saturated carbocycles. The van der Waals surface area contributed by atoms with Gasteiger partial charge in [-0.1, -0.05) is 0 Å². The van der Waals surface area contributed by atoms with Gasteiger partial charge in [-0.2, -0.15) is 0 Å². The van der Waals surface area contributed by atoms with Crippen LogP contribution in [0.5, 0.6) is 0 Å². The van der Waals surface area contributed by atoms with Crippen LogP contribution in [0.15, 0.2) is 0 Å². The standard InChI is InChI=1S/C9H16N2O/c1-7-6-10-4-5-11(7)9(12)8-2-3-8/h7-8,10H,2-6H2,1H3. The van der Waals surface area contributed by atoms with Crippen molar-refractivity contribution in [2.75, 3.05) is 19.6 Å². The topological polar surface area (TPSA) is 32.3 Å². The Labute approximate surface area is 73.1 Å². The van der Waals surface area contributed by atoms with Crippen LogP contribution in [-0.4, -0.2) is 36.5 Å². The first-order valence-corrected chi connectivity index (χ1v) is 4.80. The van der Waals surface area contributed by atoms with Crippen LogP contribution in [0.2, 0.25) is 0 Å². The molecule has 1 N–H and O–H groups in total. The molecule has 0 aromatic heterocycles. The van der Waals surface area contributed by atoms with E-state index in [2.05, 4.69) is 12.2 Å². The van der Waals surface area contributed by atoms with E-state index < -0.39 is 0 Å². The quantitative estimate of drug-likeness (QED) is 0.607. The molecule has 0 aromatic rings. The second-order valence-corrected chi connectivity index (χ2v) is 3.86.